The van der Waals surface area contributed by atoms with Crippen molar-refractivity contribution in [2.45, 2.75) is 26.2 Å². The second kappa shape index (κ2) is 5.56. The van der Waals surface area contributed by atoms with Crippen molar-refractivity contribution in [3.05, 3.63) is 28.8 Å². The fourth-order valence-corrected chi connectivity index (χ4v) is 2.50. The van der Waals surface area contributed by atoms with E-state index >= 15 is 0 Å². The first-order chi connectivity index (χ1) is 9.47. The van der Waals surface area contributed by atoms with Crippen LogP contribution in [0.25, 0.3) is 0 Å². The van der Waals surface area contributed by atoms with Gasteiger partial charge in [-0.15, -0.1) is 0 Å². The van der Waals surface area contributed by atoms with Crippen molar-refractivity contribution in [1.29, 1.82) is 0 Å². The third-order valence-electron chi connectivity index (χ3n) is 3.45. The van der Waals surface area contributed by atoms with Gasteiger partial charge in [-0.2, -0.15) is 8.78 Å². The Morgan fingerprint density at radius 3 is 2.65 bits per heavy atom. The second-order valence-corrected chi connectivity index (χ2v) is 4.64. The van der Waals surface area contributed by atoms with Crippen LogP contribution in [0, 0.1) is 6.92 Å². The number of halogens is 2. The molecule has 0 aliphatic carbocycles. The van der Waals surface area contributed by atoms with Gasteiger partial charge in [-0.3, -0.25) is 4.79 Å². The number of alkyl halides is 2. The molecular weight excluding hydrogens is 268 g/mol. The normalized spacial score (nSPS) is 14.2. The van der Waals surface area contributed by atoms with Gasteiger partial charge in [-0.1, -0.05) is 6.07 Å². The third-order valence-corrected chi connectivity index (χ3v) is 3.45. The van der Waals surface area contributed by atoms with Gasteiger partial charge in [-0.05, 0) is 37.0 Å². The molecule has 0 unspecified atom stereocenters. The molecule has 108 valence electrons. The van der Waals surface area contributed by atoms with Gasteiger partial charge in [0.25, 0.3) is 5.91 Å². The van der Waals surface area contributed by atoms with Crippen LogP contribution in [-0.2, 0) is 16.0 Å². The average molecular weight is 283 g/mol. The van der Waals surface area contributed by atoms with Crippen LogP contribution in [0.5, 0.6) is 0 Å². The lowest BCUT2D eigenvalue weighted by atomic mass is 9.93. The third kappa shape index (κ3) is 2.37. The number of benzene rings is 1. The monoisotopic (exact) mass is 283 g/mol. The zero-order valence-electron chi connectivity index (χ0n) is 11.3. The molecule has 1 amide bonds. The lowest BCUT2D eigenvalue weighted by Crippen LogP contribution is -2.40. The zero-order valence-corrected chi connectivity index (χ0v) is 11.3. The molecule has 0 bridgehead atoms. The summed E-state index contributed by atoms with van der Waals surface area (Å²) >= 11 is 0. The Bertz CT molecular complexity index is 558. The predicted octanol–water partition coefficient (Wildman–Crippen LogP) is 2.33. The van der Waals surface area contributed by atoms with Crippen LogP contribution in [0.2, 0.25) is 0 Å². The van der Waals surface area contributed by atoms with E-state index in [0.717, 1.165) is 16.0 Å². The molecular formula is C14H15F2NO3. The highest BCUT2D eigenvalue weighted by Gasteiger charge is 2.32. The summed E-state index contributed by atoms with van der Waals surface area (Å²) in [7, 11) is 1.22. The fraction of sp³-hybridized carbons (Fsp3) is 0.429. The Kier molecular flexibility index (Phi) is 4.01. The van der Waals surface area contributed by atoms with E-state index in [1.165, 1.54) is 13.2 Å². The summed E-state index contributed by atoms with van der Waals surface area (Å²) in [6.07, 6.45) is -1.84. The molecule has 1 aromatic rings. The van der Waals surface area contributed by atoms with Crippen molar-refractivity contribution in [2.75, 3.05) is 18.6 Å². The molecule has 0 N–H and O–H groups in total. The number of hydrogen-bond donors (Lipinski definition) is 0. The van der Waals surface area contributed by atoms with Crippen LogP contribution in [0.15, 0.2) is 12.1 Å². The highest BCUT2D eigenvalue weighted by Crippen LogP contribution is 2.34. The van der Waals surface area contributed by atoms with E-state index in [4.69, 9.17) is 0 Å². The number of rotatable bonds is 2. The van der Waals surface area contributed by atoms with Gasteiger partial charge in [-0.25, -0.2) is 4.79 Å². The van der Waals surface area contributed by atoms with Crippen LogP contribution in [0.3, 0.4) is 0 Å². The number of ether oxygens (including phenoxy) is 1. The molecule has 0 spiro atoms. The first-order valence-electron chi connectivity index (χ1n) is 6.27. The quantitative estimate of drug-likeness (QED) is 0.783. The van der Waals surface area contributed by atoms with Crippen LogP contribution < -0.4 is 4.90 Å². The number of esters is 1. The first kappa shape index (κ1) is 14.4. The average Bonchev–Trinajstić information content (AvgIpc) is 2.45. The van der Waals surface area contributed by atoms with Crippen LogP contribution in [0.1, 0.15) is 27.9 Å². The maximum Gasteiger partial charge on any atom is 0.339 e. The molecule has 0 fully saturated rings. The van der Waals surface area contributed by atoms with Gasteiger partial charge in [0.05, 0.1) is 18.4 Å². The molecule has 0 aromatic heterocycles. The number of anilines is 1. The molecule has 0 saturated carbocycles. The van der Waals surface area contributed by atoms with E-state index in [0.29, 0.717) is 12.8 Å². The molecule has 4 nitrogen and oxygen atoms in total. The minimum Gasteiger partial charge on any atom is -0.465 e. The highest BCUT2D eigenvalue weighted by molar-refractivity contribution is 6.05. The van der Waals surface area contributed by atoms with E-state index in [9.17, 15) is 18.4 Å². The summed E-state index contributed by atoms with van der Waals surface area (Å²) in [6, 6.07) is 3.25. The summed E-state index contributed by atoms with van der Waals surface area (Å²) in [4.78, 5) is 24.4. The summed E-state index contributed by atoms with van der Waals surface area (Å²) in [5, 5.41) is 0. The van der Waals surface area contributed by atoms with Crippen molar-refractivity contribution in [1.82, 2.24) is 0 Å². The van der Waals surface area contributed by atoms with Gasteiger partial charge >= 0.3 is 12.4 Å². The molecule has 2 rings (SSSR count). The number of carbonyl (C=O) groups excluding carboxylic acids is 2. The minimum atomic E-state index is -3.09. The van der Waals surface area contributed by atoms with Crippen molar-refractivity contribution in [3.63, 3.8) is 0 Å². The fourth-order valence-electron chi connectivity index (χ4n) is 2.50. The molecule has 20 heavy (non-hydrogen) atoms. The van der Waals surface area contributed by atoms with Crippen LogP contribution in [0.4, 0.5) is 14.5 Å². The molecule has 0 radical (unpaired) electrons. The number of hydrogen-bond acceptors (Lipinski definition) is 3. The number of nitrogens with zero attached hydrogens (tertiary/aromatic N) is 1. The van der Waals surface area contributed by atoms with Crippen molar-refractivity contribution < 1.29 is 23.1 Å². The molecule has 1 aromatic carbocycles. The lowest BCUT2D eigenvalue weighted by Gasteiger charge is -2.31. The smallest absolute Gasteiger partial charge is 0.339 e. The van der Waals surface area contributed by atoms with Crippen molar-refractivity contribution >= 4 is 17.6 Å². The SMILES string of the molecule is COC(=O)c1ccc(C)c2c1N(C(=O)C(F)F)CCC2. The maximum atomic E-state index is 12.7. The molecule has 1 aliphatic heterocycles. The zero-order chi connectivity index (χ0) is 14.9. The van der Waals surface area contributed by atoms with Gasteiger partial charge in [0.2, 0.25) is 0 Å². The Morgan fingerprint density at radius 2 is 2.05 bits per heavy atom. The van der Waals surface area contributed by atoms with E-state index in [2.05, 4.69) is 4.74 Å². The van der Waals surface area contributed by atoms with Crippen molar-refractivity contribution in [2.24, 2.45) is 0 Å². The highest BCUT2D eigenvalue weighted by atomic mass is 19.3. The summed E-state index contributed by atoms with van der Waals surface area (Å²) in [5.41, 5.74) is 2.06. The maximum absolute atomic E-state index is 12.7. The summed E-state index contributed by atoms with van der Waals surface area (Å²) < 4.78 is 30.1. The Morgan fingerprint density at radius 1 is 1.35 bits per heavy atom. The lowest BCUT2D eigenvalue weighted by molar-refractivity contribution is -0.129. The Balaban J connectivity index is 2.60. The largest absolute Gasteiger partial charge is 0.465 e. The summed E-state index contributed by atoms with van der Waals surface area (Å²) in [5.74, 6) is -1.91. The molecule has 6 heteroatoms. The van der Waals surface area contributed by atoms with Gasteiger partial charge < -0.3 is 9.64 Å². The van der Waals surface area contributed by atoms with E-state index in [-0.39, 0.29) is 17.8 Å². The van der Waals surface area contributed by atoms with Crippen molar-refractivity contribution in [3.8, 4) is 0 Å². The standard InChI is InChI=1S/C14H15F2NO3/c1-8-5-6-10(14(19)20-2)11-9(8)4-3-7-17(11)13(18)12(15)16/h5-6,12H,3-4,7H2,1-2H3. The molecule has 0 atom stereocenters. The van der Waals surface area contributed by atoms with E-state index in [1.807, 2.05) is 6.92 Å². The van der Waals surface area contributed by atoms with Gasteiger partial charge in [0.15, 0.2) is 0 Å². The van der Waals surface area contributed by atoms with Gasteiger partial charge in [0, 0.05) is 6.54 Å². The number of methoxy groups -OCH3 is 1. The van der Waals surface area contributed by atoms with E-state index < -0.39 is 18.3 Å². The summed E-state index contributed by atoms with van der Waals surface area (Å²) in [6.45, 7) is 2.01. The topological polar surface area (TPSA) is 46.6 Å². The number of aryl methyl sites for hydroxylation is 1. The van der Waals surface area contributed by atoms with Gasteiger partial charge in [0.1, 0.15) is 0 Å². The molecule has 1 aliphatic rings. The molecule has 0 saturated heterocycles. The molecule has 1 heterocycles. The van der Waals surface area contributed by atoms with Crippen LogP contribution in [-0.4, -0.2) is 32.0 Å². The number of carbonyl (C=O) groups is 2. The second-order valence-electron chi connectivity index (χ2n) is 4.64. The predicted molar refractivity (Wildman–Crippen MR) is 69.2 cm³/mol. The Hall–Kier alpha value is -1.98. The van der Waals surface area contributed by atoms with E-state index in [1.54, 1.807) is 6.07 Å². The number of amides is 1. The Labute approximate surface area is 115 Å². The number of fused-ring (bicyclic) bond motifs is 1. The first-order valence-corrected chi connectivity index (χ1v) is 6.27. The minimum absolute atomic E-state index is 0.154. The van der Waals surface area contributed by atoms with Crippen LogP contribution >= 0.6 is 0 Å².